The maximum atomic E-state index is 12.1. The first-order chi connectivity index (χ1) is 8.92. The first-order valence-electron chi connectivity index (χ1n) is 5.77. The molecule has 0 spiro atoms. The fraction of sp³-hybridized carbons (Fsp3) is 0.333. The molecular weight excluding hydrogens is 284 g/mol. The lowest BCUT2D eigenvalue weighted by atomic mass is 10.3. The molecule has 2 aromatic heterocycles. The predicted molar refractivity (Wildman–Crippen MR) is 74.4 cm³/mol. The molecule has 0 amide bonds. The maximum Gasteiger partial charge on any atom is 0.250 e. The van der Waals surface area contributed by atoms with Crippen LogP contribution in [0.5, 0.6) is 0 Å². The minimum atomic E-state index is -3.51. The fourth-order valence-corrected chi connectivity index (χ4v) is 4.15. The van der Waals surface area contributed by atoms with Crippen LogP contribution in [0.3, 0.4) is 0 Å². The molecule has 0 atom stereocenters. The van der Waals surface area contributed by atoms with Gasteiger partial charge < -0.3 is 10.2 Å². The van der Waals surface area contributed by atoms with E-state index in [-0.39, 0.29) is 10.8 Å². The Kier molecular flexibility index (Phi) is 4.10. The minimum absolute atomic E-state index is 0.144. The number of rotatable bonds is 5. The SMILES string of the molecule is Cc1ccc(CNS(=O)(=O)c2cc(C)c(CN)s2)o1. The molecule has 3 N–H and O–H groups in total. The van der Waals surface area contributed by atoms with E-state index < -0.39 is 10.0 Å². The molecule has 19 heavy (non-hydrogen) atoms. The van der Waals surface area contributed by atoms with Gasteiger partial charge in [-0.15, -0.1) is 11.3 Å². The summed E-state index contributed by atoms with van der Waals surface area (Å²) < 4.78 is 32.3. The van der Waals surface area contributed by atoms with Crippen LogP contribution in [0.2, 0.25) is 0 Å². The smallest absolute Gasteiger partial charge is 0.250 e. The van der Waals surface area contributed by atoms with Crippen LogP contribution in [0.15, 0.2) is 26.8 Å². The molecule has 0 bridgehead atoms. The number of thiophene rings is 1. The molecule has 0 aliphatic rings. The molecule has 0 saturated heterocycles. The molecule has 0 unspecified atom stereocenters. The maximum absolute atomic E-state index is 12.1. The number of furan rings is 1. The molecule has 0 fully saturated rings. The molecule has 0 aliphatic heterocycles. The molecular formula is C12H16N2O3S2. The van der Waals surface area contributed by atoms with E-state index >= 15 is 0 Å². The third-order valence-corrected chi connectivity index (χ3v) is 5.81. The molecule has 0 radical (unpaired) electrons. The second-order valence-electron chi connectivity index (χ2n) is 4.21. The first-order valence-corrected chi connectivity index (χ1v) is 8.06. The highest BCUT2D eigenvalue weighted by atomic mass is 32.2. The second-order valence-corrected chi connectivity index (χ2v) is 7.34. The highest BCUT2D eigenvalue weighted by Crippen LogP contribution is 2.25. The van der Waals surface area contributed by atoms with Crippen LogP contribution in [-0.2, 0) is 23.1 Å². The topological polar surface area (TPSA) is 85.3 Å². The van der Waals surface area contributed by atoms with E-state index in [0.717, 1.165) is 16.2 Å². The summed E-state index contributed by atoms with van der Waals surface area (Å²) in [5.41, 5.74) is 6.46. The Morgan fingerprint density at radius 3 is 2.63 bits per heavy atom. The second kappa shape index (κ2) is 5.46. The summed E-state index contributed by atoms with van der Waals surface area (Å²) in [6.45, 7) is 4.16. The van der Waals surface area contributed by atoms with Gasteiger partial charge in [0.05, 0.1) is 6.54 Å². The summed E-state index contributed by atoms with van der Waals surface area (Å²) in [6, 6.07) is 5.19. The van der Waals surface area contributed by atoms with E-state index in [2.05, 4.69) is 4.72 Å². The Balaban J connectivity index is 2.13. The summed E-state index contributed by atoms with van der Waals surface area (Å²) >= 11 is 1.20. The lowest BCUT2D eigenvalue weighted by molar-refractivity contribution is 0.475. The van der Waals surface area contributed by atoms with Crippen molar-refractivity contribution in [1.29, 1.82) is 0 Å². The van der Waals surface area contributed by atoms with Crippen LogP contribution in [0.25, 0.3) is 0 Å². The van der Waals surface area contributed by atoms with E-state index in [4.69, 9.17) is 10.2 Å². The summed E-state index contributed by atoms with van der Waals surface area (Å²) in [5, 5.41) is 0. The zero-order valence-electron chi connectivity index (χ0n) is 10.8. The monoisotopic (exact) mass is 300 g/mol. The van der Waals surface area contributed by atoms with Gasteiger partial charge in [0.1, 0.15) is 15.7 Å². The van der Waals surface area contributed by atoms with Gasteiger partial charge >= 0.3 is 0 Å². The Morgan fingerprint density at radius 2 is 2.11 bits per heavy atom. The van der Waals surface area contributed by atoms with Crippen LogP contribution in [-0.4, -0.2) is 8.42 Å². The van der Waals surface area contributed by atoms with Gasteiger partial charge in [-0.05, 0) is 37.6 Å². The van der Waals surface area contributed by atoms with Crippen molar-refractivity contribution < 1.29 is 12.8 Å². The highest BCUT2D eigenvalue weighted by molar-refractivity contribution is 7.91. The van der Waals surface area contributed by atoms with E-state index in [1.54, 1.807) is 18.2 Å². The van der Waals surface area contributed by atoms with Gasteiger partial charge in [-0.25, -0.2) is 13.1 Å². The van der Waals surface area contributed by atoms with Gasteiger partial charge in [-0.3, -0.25) is 0 Å². The Bertz CT molecular complexity index is 671. The van der Waals surface area contributed by atoms with E-state index in [1.807, 2.05) is 13.8 Å². The fourth-order valence-electron chi connectivity index (χ4n) is 1.64. The minimum Gasteiger partial charge on any atom is -0.465 e. The number of sulfonamides is 1. The molecule has 7 heteroatoms. The summed E-state index contributed by atoms with van der Waals surface area (Å²) in [4.78, 5) is 0.884. The molecule has 0 aromatic carbocycles. The molecule has 2 rings (SSSR count). The third kappa shape index (κ3) is 3.24. The van der Waals surface area contributed by atoms with Crippen molar-refractivity contribution in [3.63, 3.8) is 0 Å². The van der Waals surface area contributed by atoms with Gasteiger partial charge in [0.2, 0.25) is 10.0 Å². The summed E-state index contributed by atoms with van der Waals surface area (Å²) in [6.07, 6.45) is 0. The van der Waals surface area contributed by atoms with Crippen LogP contribution in [0.4, 0.5) is 0 Å². The van der Waals surface area contributed by atoms with Crippen LogP contribution in [0.1, 0.15) is 22.0 Å². The van der Waals surface area contributed by atoms with E-state index in [0.29, 0.717) is 12.3 Å². The molecule has 2 aromatic rings. The predicted octanol–water partition coefficient (Wildman–Crippen LogP) is 1.90. The van der Waals surface area contributed by atoms with Crippen molar-refractivity contribution in [2.24, 2.45) is 5.73 Å². The number of nitrogens with one attached hydrogen (secondary N) is 1. The lowest BCUT2D eigenvalue weighted by Crippen LogP contribution is -2.22. The van der Waals surface area contributed by atoms with Gasteiger partial charge in [0.25, 0.3) is 0 Å². The summed E-state index contributed by atoms with van der Waals surface area (Å²) in [7, 11) is -3.51. The third-order valence-electron chi connectivity index (χ3n) is 2.68. The number of hydrogen-bond acceptors (Lipinski definition) is 5. The van der Waals surface area contributed by atoms with Gasteiger partial charge in [0, 0.05) is 11.4 Å². The molecule has 0 saturated carbocycles. The van der Waals surface area contributed by atoms with Gasteiger partial charge in [0.15, 0.2) is 0 Å². The highest BCUT2D eigenvalue weighted by Gasteiger charge is 2.18. The van der Waals surface area contributed by atoms with Crippen molar-refractivity contribution in [3.8, 4) is 0 Å². The van der Waals surface area contributed by atoms with Crippen LogP contribution >= 0.6 is 11.3 Å². The largest absolute Gasteiger partial charge is 0.465 e. The van der Waals surface area contributed by atoms with Gasteiger partial charge in [-0.2, -0.15) is 0 Å². The Hall–Kier alpha value is -1.15. The van der Waals surface area contributed by atoms with Crippen LogP contribution in [0, 0.1) is 13.8 Å². The van der Waals surface area contributed by atoms with Crippen molar-refractivity contribution >= 4 is 21.4 Å². The molecule has 2 heterocycles. The average Bonchev–Trinajstić information content (AvgIpc) is 2.93. The molecule has 104 valence electrons. The van der Waals surface area contributed by atoms with Crippen molar-refractivity contribution in [3.05, 3.63) is 40.2 Å². The van der Waals surface area contributed by atoms with Crippen molar-refractivity contribution in [2.45, 2.75) is 31.1 Å². The number of aryl methyl sites for hydroxylation is 2. The number of hydrogen-bond donors (Lipinski definition) is 2. The van der Waals surface area contributed by atoms with Crippen molar-refractivity contribution in [2.75, 3.05) is 0 Å². The lowest BCUT2D eigenvalue weighted by Gasteiger charge is -2.02. The zero-order chi connectivity index (χ0) is 14.0. The van der Waals surface area contributed by atoms with E-state index in [1.165, 1.54) is 11.3 Å². The average molecular weight is 300 g/mol. The Morgan fingerprint density at radius 1 is 1.37 bits per heavy atom. The van der Waals surface area contributed by atoms with E-state index in [9.17, 15) is 8.42 Å². The molecule has 5 nitrogen and oxygen atoms in total. The standard InChI is InChI=1S/C12H16N2O3S2/c1-8-5-12(18-11(8)6-13)19(15,16)14-7-10-4-3-9(2)17-10/h3-5,14H,6-7,13H2,1-2H3. The van der Waals surface area contributed by atoms with Gasteiger partial charge in [-0.1, -0.05) is 0 Å². The number of nitrogens with two attached hydrogens (primary N) is 1. The quantitative estimate of drug-likeness (QED) is 0.883. The summed E-state index contributed by atoms with van der Waals surface area (Å²) in [5.74, 6) is 1.35. The normalized spacial score (nSPS) is 11.9. The Labute approximate surface area is 116 Å². The first kappa shape index (κ1) is 14.3. The molecule has 0 aliphatic carbocycles. The van der Waals surface area contributed by atoms with Crippen molar-refractivity contribution in [1.82, 2.24) is 4.72 Å². The zero-order valence-corrected chi connectivity index (χ0v) is 12.4. The van der Waals surface area contributed by atoms with Crippen LogP contribution < -0.4 is 10.5 Å².